The fourth-order valence-corrected chi connectivity index (χ4v) is 0.971. The van der Waals surface area contributed by atoms with E-state index in [4.69, 9.17) is 21.1 Å². The predicted molar refractivity (Wildman–Crippen MR) is 59.9 cm³/mol. The molecule has 0 aromatic heterocycles. The van der Waals surface area contributed by atoms with Gasteiger partial charge in [-0.15, -0.1) is 4.99 Å². The van der Waals surface area contributed by atoms with Crippen LogP contribution in [0.2, 0.25) is 0 Å². The summed E-state index contributed by atoms with van der Waals surface area (Å²) in [5.41, 5.74) is -0.637. The minimum Gasteiger partial charge on any atom is -0.461 e. The number of rotatable bonds is 4. The van der Waals surface area contributed by atoms with Gasteiger partial charge >= 0.3 is 6.02 Å². The zero-order valence-corrected chi connectivity index (χ0v) is 8.91. The van der Waals surface area contributed by atoms with Crippen molar-refractivity contribution in [1.29, 1.82) is 0 Å². The molecule has 0 spiro atoms. The van der Waals surface area contributed by atoms with E-state index in [-0.39, 0.29) is 12.0 Å². The first-order valence-electron chi connectivity index (χ1n) is 4.30. The largest absolute Gasteiger partial charge is 0.461 e. The van der Waals surface area contributed by atoms with E-state index in [1.807, 2.05) is 0 Å². The molecule has 1 rings (SSSR count). The minimum absolute atomic E-state index is 0.174. The Hall–Kier alpha value is -1.49. The van der Waals surface area contributed by atoms with Crippen LogP contribution in [0.15, 0.2) is 35.3 Å². The molecule has 0 bridgehead atoms. The Balaban J connectivity index is 2.57. The molecule has 15 heavy (non-hydrogen) atoms. The SMILES string of the molecule is C=CCOC1=NC(Cl)NC(OCC=C)=N1. The first kappa shape index (κ1) is 11.6. The minimum atomic E-state index is -0.637. The van der Waals surface area contributed by atoms with Crippen molar-refractivity contribution in [2.75, 3.05) is 13.2 Å². The highest BCUT2D eigenvalue weighted by Gasteiger charge is 2.16. The Labute approximate surface area is 93.1 Å². The summed E-state index contributed by atoms with van der Waals surface area (Å²) < 4.78 is 10.3. The average Bonchev–Trinajstić information content (AvgIpc) is 2.23. The number of hydrogen-bond acceptors (Lipinski definition) is 5. The Morgan fingerprint density at radius 2 is 2.00 bits per heavy atom. The lowest BCUT2D eigenvalue weighted by Crippen LogP contribution is -2.37. The van der Waals surface area contributed by atoms with Gasteiger partial charge in [0.2, 0.25) is 5.62 Å². The van der Waals surface area contributed by atoms with Crippen molar-refractivity contribution in [2.45, 2.75) is 5.62 Å². The lowest BCUT2D eigenvalue weighted by Gasteiger charge is -2.17. The van der Waals surface area contributed by atoms with E-state index in [0.717, 1.165) is 0 Å². The zero-order chi connectivity index (χ0) is 11.1. The summed E-state index contributed by atoms with van der Waals surface area (Å²) >= 11 is 5.77. The van der Waals surface area contributed by atoms with Crippen LogP contribution >= 0.6 is 11.6 Å². The second-order valence-corrected chi connectivity index (χ2v) is 2.92. The second-order valence-electron chi connectivity index (χ2n) is 2.51. The number of nitrogens with one attached hydrogen (secondary N) is 1. The molecule has 0 aromatic carbocycles. The quantitative estimate of drug-likeness (QED) is 0.448. The molecule has 1 aliphatic rings. The molecule has 0 saturated heterocycles. The maximum Gasteiger partial charge on any atom is 0.319 e. The smallest absolute Gasteiger partial charge is 0.319 e. The first-order chi connectivity index (χ1) is 7.26. The van der Waals surface area contributed by atoms with Crippen molar-refractivity contribution >= 4 is 23.6 Å². The molecule has 0 radical (unpaired) electrons. The average molecular weight is 230 g/mol. The highest BCUT2D eigenvalue weighted by atomic mass is 35.5. The summed E-state index contributed by atoms with van der Waals surface area (Å²) in [7, 11) is 0. The zero-order valence-electron chi connectivity index (χ0n) is 8.15. The van der Waals surface area contributed by atoms with Crippen LogP contribution in [0.4, 0.5) is 0 Å². The van der Waals surface area contributed by atoms with E-state index in [1.54, 1.807) is 12.2 Å². The van der Waals surface area contributed by atoms with Crippen LogP contribution in [0.1, 0.15) is 0 Å². The van der Waals surface area contributed by atoms with E-state index in [9.17, 15) is 0 Å². The van der Waals surface area contributed by atoms with E-state index < -0.39 is 5.62 Å². The van der Waals surface area contributed by atoms with E-state index in [0.29, 0.717) is 13.2 Å². The summed E-state index contributed by atoms with van der Waals surface area (Å²) in [6, 6.07) is 0.441. The van der Waals surface area contributed by atoms with Crippen molar-refractivity contribution in [3.63, 3.8) is 0 Å². The molecule has 0 saturated carbocycles. The molecule has 0 amide bonds. The molecular weight excluding hydrogens is 218 g/mol. The molecule has 1 atom stereocenters. The number of amidine groups is 2. The third kappa shape index (κ3) is 4.03. The molecule has 6 heteroatoms. The Morgan fingerprint density at radius 3 is 2.67 bits per heavy atom. The van der Waals surface area contributed by atoms with Gasteiger partial charge in [-0.2, -0.15) is 4.99 Å². The normalized spacial score (nSPS) is 19.4. The van der Waals surface area contributed by atoms with Crippen LogP contribution in [-0.2, 0) is 9.47 Å². The van der Waals surface area contributed by atoms with Gasteiger partial charge in [0.15, 0.2) is 0 Å². The van der Waals surface area contributed by atoms with Gasteiger partial charge in [0.25, 0.3) is 6.02 Å². The number of ether oxygens (including phenoxy) is 2. The topological polar surface area (TPSA) is 55.2 Å². The van der Waals surface area contributed by atoms with Crippen LogP contribution in [0.25, 0.3) is 0 Å². The number of halogens is 1. The third-order valence-corrected chi connectivity index (χ3v) is 1.54. The van der Waals surface area contributed by atoms with Crippen LogP contribution in [-0.4, -0.2) is 30.9 Å². The molecule has 0 fully saturated rings. The molecule has 0 aromatic rings. The number of nitrogens with zero attached hydrogens (tertiary/aromatic N) is 2. The molecule has 1 heterocycles. The first-order valence-corrected chi connectivity index (χ1v) is 4.74. The summed E-state index contributed by atoms with van der Waals surface area (Å²) in [5.74, 6) is 0. The lowest BCUT2D eigenvalue weighted by molar-refractivity contribution is 0.311. The number of alkyl halides is 1. The second kappa shape index (κ2) is 6.08. The van der Waals surface area contributed by atoms with Crippen LogP contribution in [0.5, 0.6) is 0 Å². The molecule has 5 nitrogen and oxygen atoms in total. The van der Waals surface area contributed by atoms with Crippen molar-refractivity contribution in [3.8, 4) is 0 Å². The van der Waals surface area contributed by atoms with Gasteiger partial charge in [-0.05, 0) is 0 Å². The highest BCUT2D eigenvalue weighted by molar-refractivity contribution is 6.22. The van der Waals surface area contributed by atoms with Gasteiger partial charge in [0.1, 0.15) is 13.2 Å². The Bertz CT molecular complexity index is 302. The number of hydrogen-bond donors (Lipinski definition) is 1. The summed E-state index contributed by atoms with van der Waals surface area (Å²) in [5, 5.41) is 2.71. The van der Waals surface area contributed by atoms with Crippen molar-refractivity contribution in [3.05, 3.63) is 25.3 Å². The Morgan fingerprint density at radius 1 is 1.33 bits per heavy atom. The molecule has 1 aliphatic heterocycles. The molecule has 1 unspecified atom stereocenters. The van der Waals surface area contributed by atoms with E-state index in [1.165, 1.54) is 0 Å². The molecule has 82 valence electrons. The van der Waals surface area contributed by atoms with Crippen LogP contribution < -0.4 is 5.32 Å². The Kier molecular flexibility index (Phi) is 4.70. The van der Waals surface area contributed by atoms with E-state index >= 15 is 0 Å². The van der Waals surface area contributed by atoms with Gasteiger partial charge in [-0.25, -0.2) is 0 Å². The maximum atomic E-state index is 5.77. The van der Waals surface area contributed by atoms with Crippen LogP contribution in [0.3, 0.4) is 0 Å². The molecule has 1 N–H and O–H groups in total. The fraction of sp³-hybridized carbons (Fsp3) is 0.333. The van der Waals surface area contributed by atoms with Crippen LogP contribution in [0, 0.1) is 0 Å². The van der Waals surface area contributed by atoms with Gasteiger partial charge < -0.3 is 14.8 Å². The summed E-state index contributed by atoms with van der Waals surface area (Å²) in [6.45, 7) is 7.69. The van der Waals surface area contributed by atoms with Crippen molar-refractivity contribution in [1.82, 2.24) is 5.32 Å². The fourth-order valence-electron chi connectivity index (χ4n) is 0.794. The molecule has 0 aliphatic carbocycles. The highest BCUT2D eigenvalue weighted by Crippen LogP contribution is 2.03. The molecular formula is C9H12ClN3O2. The maximum absolute atomic E-state index is 5.77. The van der Waals surface area contributed by atoms with Crippen molar-refractivity contribution < 1.29 is 9.47 Å². The number of aliphatic imine (C=N–C) groups is 2. The van der Waals surface area contributed by atoms with Gasteiger partial charge in [-0.1, -0.05) is 36.9 Å². The summed E-state index contributed by atoms with van der Waals surface area (Å²) in [4.78, 5) is 7.82. The van der Waals surface area contributed by atoms with Crippen molar-refractivity contribution in [2.24, 2.45) is 9.98 Å². The lowest BCUT2D eigenvalue weighted by atomic mass is 10.7. The monoisotopic (exact) mass is 229 g/mol. The van der Waals surface area contributed by atoms with Gasteiger partial charge in [0, 0.05) is 0 Å². The van der Waals surface area contributed by atoms with Gasteiger partial charge in [0.05, 0.1) is 0 Å². The van der Waals surface area contributed by atoms with Gasteiger partial charge in [-0.3, -0.25) is 0 Å². The third-order valence-electron chi connectivity index (χ3n) is 1.33. The predicted octanol–water partition coefficient (Wildman–Crippen LogP) is 1.23. The summed E-state index contributed by atoms with van der Waals surface area (Å²) in [6.07, 6.45) is 3.19. The van der Waals surface area contributed by atoms with E-state index in [2.05, 4.69) is 28.5 Å². The standard InChI is InChI=1S/C9H12ClN3O2/c1-3-5-14-8-11-7(10)12-9(13-8)15-6-4-2/h3-4,7H,1-2,5-6H2,(H,11,12,13).